The first-order valence-electron chi connectivity index (χ1n) is 10.8. The van der Waals surface area contributed by atoms with Crippen molar-refractivity contribution in [2.75, 3.05) is 12.4 Å². The van der Waals surface area contributed by atoms with Crippen molar-refractivity contribution in [2.45, 2.75) is 0 Å². The monoisotopic (exact) mass is 498 g/mol. The van der Waals surface area contributed by atoms with E-state index in [0.717, 1.165) is 22.4 Å². The molecule has 0 saturated carbocycles. The molecule has 5 rings (SSSR count). The number of hydrogen-bond acceptors (Lipinski definition) is 7. The van der Waals surface area contributed by atoms with Gasteiger partial charge in [0.15, 0.2) is 16.4 Å². The Morgan fingerprint density at radius 1 is 1.03 bits per heavy atom. The molecule has 36 heavy (non-hydrogen) atoms. The molecule has 10 heteroatoms. The summed E-state index contributed by atoms with van der Waals surface area (Å²) in [6.07, 6.45) is 0. The molecule has 5 aromatic rings. The second kappa shape index (κ2) is 9.43. The van der Waals surface area contributed by atoms with Crippen LogP contribution in [0, 0.1) is 10.1 Å². The minimum Gasteiger partial charge on any atom is -0.490 e. The first-order valence-corrected chi connectivity index (χ1v) is 11.2. The van der Waals surface area contributed by atoms with Gasteiger partial charge in [-0.1, -0.05) is 30.3 Å². The molecule has 0 bridgehead atoms. The number of carbonyl (C=O) groups is 1. The van der Waals surface area contributed by atoms with Crippen molar-refractivity contribution in [3.8, 4) is 17.2 Å². The van der Waals surface area contributed by atoms with E-state index in [2.05, 4.69) is 15.6 Å². The molecule has 0 atom stereocenters. The van der Waals surface area contributed by atoms with E-state index in [9.17, 15) is 14.9 Å². The van der Waals surface area contributed by atoms with Crippen molar-refractivity contribution in [2.24, 2.45) is 0 Å². The van der Waals surface area contributed by atoms with Gasteiger partial charge < -0.3 is 14.5 Å². The van der Waals surface area contributed by atoms with Gasteiger partial charge in [0.1, 0.15) is 5.52 Å². The Morgan fingerprint density at radius 3 is 2.61 bits per heavy atom. The summed E-state index contributed by atoms with van der Waals surface area (Å²) in [5, 5.41) is 18.9. The maximum absolute atomic E-state index is 12.6. The van der Waals surface area contributed by atoms with Crippen LogP contribution in [0.5, 0.6) is 5.75 Å². The number of nitro groups is 1. The lowest BCUT2D eigenvalue weighted by Gasteiger charge is -2.10. The molecule has 1 amide bonds. The third-order valence-corrected chi connectivity index (χ3v) is 5.71. The molecular formula is C26H18N4O5S. The Bertz CT molecular complexity index is 1660. The van der Waals surface area contributed by atoms with Gasteiger partial charge in [0, 0.05) is 22.9 Å². The zero-order valence-corrected chi connectivity index (χ0v) is 19.7. The van der Waals surface area contributed by atoms with E-state index in [1.165, 1.54) is 19.2 Å². The number of aromatic nitrogens is 1. The van der Waals surface area contributed by atoms with Crippen LogP contribution in [0.1, 0.15) is 10.4 Å². The molecule has 0 unspecified atom stereocenters. The third kappa shape index (κ3) is 4.57. The lowest BCUT2D eigenvalue weighted by Crippen LogP contribution is -2.34. The van der Waals surface area contributed by atoms with Gasteiger partial charge >= 0.3 is 5.69 Å². The lowest BCUT2D eigenvalue weighted by molar-refractivity contribution is -0.385. The van der Waals surface area contributed by atoms with Gasteiger partial charge in [-0.2, -0.15) is 0 Å². The summed E-state index contributed by atoms with van der Waals surface area (Å²) in [5.74, 6) is -0.0505. The number of benzene rings is 4. The average molecular weight is 499 g/mol. The normalized spacial score (nSPS) is 10.8. The number of nitrogens with one attached hydrogen (secondary N) is 2. The van der Waals surface area contributed by atoms with Crippen molar-refractivity contribution < 1.29 is 18.9 Å². The maximum atomic E-state index is 12.6. The number of hydrogen-bond donors (Lipinski definition) is 2. The summed E-state index contributed by atoms with van der Waals surface area (Å²) in [5.41, 5.74) is 2.41. The SMILES string of the molecule is COc1ccc(C(=O)NC(=S)Nc2ccc3oc(-c4ccc5ccccc5c4)nc3c2)cc1[N+](=O)[O-]. The Morgan fingerprint density at radius 2 is 1.83 bits per heavy atom. The molecule has 2 N–H and O–H groups in total. The second-order valence-corrected chi connectivity index (χ2v) is 8.22. The number of anilines is 1. The Balaban J connectivity index is 1.31. The van der Waals surface area contributed by atoms with Crippen LogP contribution < -0.4 is 15.4 Å². The molecule has 1 aromatic heterocycles. The number of fused-ring (bicyclic) bond motifs is 2. The zero-order valence-electron chi connectivity index (χ0n) is 18.8. The average Bonchev–Trinajstić information content (AvgIpc) is 3.31. The molecule has 0 radical (unpaired) electrons. The molecule has 4 aromatic carbocycles. The summed E-state index contributed by atoms with van der Waals surface area (Å²) in [7, 11) is 1.32. The minimum absolute atomic E-state index is 0.0241. The van der Waals surface area contributed by atoms with Crippen LogP contribution >= 0.6 is 12.2 Å². The molecule has 9 nitrogen and oxygen atoms in total. The first-order chi connectivity index (χ1) is 17.4. The minimum atomic E-state index is -0.620. The number of carbonyl (C=O) groups excluding carboxylic acids is 1. The van der Waals surface area contributed by atoms with Gasteiger partial charge in [0.25, 0.3) is 5.91 Å². The summed E-state index contributed by atoms with van der Waals surface area (Å²) >= 11 is 5.25. The van der Waals surface area contributed by atoms with E-state index in [4.69, 9.17) is 21.4 Å². The molecule has 0 aliphatic rings. The summed E-state index contributed by atoms with van der Waals surface area (Å²) < 4.78 is 10.9. The van der Waals surface area contributed by atoms with Crippen molar-refractivity contribution in [1.82, 2.24) is 10.3 Å². The molecule has 178 valence electrons. The molecule has 1 heterocycles. The van der Waals surface area contributed by atoms with Crippen LogP contribution in [-0.4, -0.2) is 28.0 Å². The van der Waals surface area contributed by atoms with Crippen LogP contribution in [-0.2, 0) is 0 Å². The van der Waals surface area contributed by atoms with Crippen LogP contribution in [0.25, 0.3) is 33.3 Å². The van der Waals surface area contributed by atoms with E-state index >= 15 is 0 Å². The van der Waals surface area contributed by atoms with E-state index in [1.54, 1.807) is 18.2 Å². The van der Waals surface area contributed by atoms with Crippen LogP contribution in [0.3, 0.4) is 0 Å². The fourth-order valence-electron chi connectivity index (χ4n) is 3.76. The topological polar surface area (TPSA) is 120 Å². The smallest absolute Gasteiger partial charge is 0.311 e. The van der Waals surface area contributed by atoms with Gasteiger partial charge in [-0.25, -0.2) is 4.98 Å². The number of thiocarbonyl (C=S) groups is 1. The van der Waals surface area contributed by atoms with Gasteiger partial charge in [0.2, 0.25) is 5.89 Å². The maximum Gasteiger partial charge on any atom is 0.311 e. The Labute approximate surface area is 209 Å². The van der Waals surface area contributed by atoms with Crippen LogP contribution in [0.2, 0.25) is 0 Å². The van der Waals surface area contributed by atoms with Crippen molar-refractivity contribution >= 4 is 56.5 Å². The number of rotatable bonds is 5. The van der Waals surface area contributed by atoms with E-state index in [1.807, 2.05) is 42.5 Å². The van der Waals surface area contributed by atoms with Gasteiger partial charge in [-0.3, -0.25) is 20.2 Å². The van der Waals surface area contributed by atoms with E-state index in [-0.39, 0.29) is 22.1 Å². The van der Waals surface area contributed by atoms with Crippen LogP contribution in [0.4, 0.5) is 11.4 Å². The summed E-state index contributed by atoms with van der Waals surface area (Å²) in [6.45, 7) is 0. The number of nitrogens with zero attached hydrogens (tertiary/aromatic N) is 2. The van der Waals surface area contributed by atoms with Crippen LogP contribution in [0.15, 0.2) is 83.3 Å². The predicted octanol–water partition coefficient (Wildman–Crippen LogP) is 5.69. The second-order valence-electron chi connectivity index (χ2n) is 7.82. The quantitative estimate of drug-likeness (QED) is 0.180. The fourth-order valence-corrected chi connectivity index (χ4v) is 3.97. The highest BCUT2D eigenvalue weighted by Gasteiger charge is 2.19. The highest BCUT2D eigenvalue weighted by Crippen LogP contribution is 2.29. The number of oxazole rings is 1. The summed E-state index contributed by atoms with van der Waals surface area (Å²) in [4.78, 5) is 27.8. The summed E-state index contributed by atoms with van der Waals surface area (Å²) in [6, 6.07) is 23.2. The zero-order chi connectivity index (χ0) is 25.2. The van der Waals surface area contributed by atoms with E-state index < -0.39 is 10.8 Å². The molecule has 0 aliphatic heterocycles. The number of methoxy groups -OCH3 is 1. The van der Waals surface area contributed by atoms with Gasteiger partial charge in [-0.15, -0.1) is 0 Å². The lowest BCUT2D eigenvalue weighted by atomic mass is 10.1. The standard InChI is InChI=1S/C26H18N4O5S/c1-34-23-10-8-17(13-21(23)30(32)33)24(31)29-26(36)27-19-9-11-22-20(14-19)28-25(35-22)18-7-6-15-4-2-3-5-16(15)12-18/h2-14H,1H3,(H2,27,29,31,36). The fraction of sp³-hybridized carbons (Fsp3) is 0.0385. The molecule has 0 aliphatic carbocycles. The first kappa shape index (κ1) is 22.9. The largest absolute Gasteiger partial charge is 0.490 e. The predicted molar refractivity (Wildman–Crippen MR) is 140 cm³/mol. The van der Waals surface area contributed by atoms with E-state index in [0.29, 0.717) is 22.7 Å². The number of ether oxygens (including phenoxy) is 1. The van der Waals surface area contributed by atoms with Crippen molar-refractivity contribution in [3.05, 3.63) is 94.5 Å². The van der Waals surface area contributed by atoms with Gasteiger partial charge in [-0.05, 0) is 65.5 Å². The highest BCUT2D eigenvalue weighted by molar-refractivity contribution is 7.80. The number of nitro benzene ring substituents is 1. The Kier molecular flexibility index (Phi) is 6.01. The van der Waals surface area contributed by atoms with Gasteiger partial charge in [0.05, 0.1) is 12.0 Å². The number of amides is 1. The molecule has 0 spiro atoms. The van der Waals surface area contributed by atoms with Crippen molar-refractivity contribution in [3.63, 3.8) is 0 Å². The Hall–Kier alpha value is -4.83. The third-order valence-electron chi connectivity index (χ3n) is 5.51. The molecular weight excluding hydrogens is 480 g/mol. The molecule has 0 saturated heterocycles. The molecule has 0 fully saturated rings. The van der Waals surface area contributed by atoms with Crippen molar-refractivity contribution in [1.29, 1.82) is 0 Å². The highest BCUT2D eigenvalue weighted by atomic mass is 32.1.